The van der Waals surface area contributed by atoms with Gasteiger partial charge >= 0.3 is 0 Å². The maximum Gasteiger partial charge on any atom is 0.265 e. The molecular weight excluding hydrogens is 304 g/mol. The predicted molar refractivity (Wildman–Crippen MR) is 94.2 cm³/mol. The quantitative estimate of drug-likeness (QED) is 0.854. The molecule has 1 atom stereocenters. The number of carbonyl (C=O) groups excluding carboxylic acids is 2. The average Bonchev–Trinajstić information content (AvgIpc) is 2.57. The lowest BCUT2D eigenvalue weighted by molar-refractivity contribution is -0.122. The Morgan fingerprint density at radius 2 is 2.08 bits per heavy atom. The number of rotatable bonds is 5. The molecule has 0 radical (unpaired) electrons. The van der Waals surface area contributed by atoms with Crippen LogP contribution in [-0.4, -0.2) is 17.9 Å². The standard InChI is InChI=1S/C19H26N2O3/c1-13-19(23)21-16-12-15(10-11-17(16)24-13)20-18(22)9-5-8-14-6-3-2-4-7-14/h10-14H,2-9H2,1H3,(H,20,22)(H,21,23). The van der Waals surface area contributed by atoms with Crippen molar-refractivity contribution in [1.29, 1.82) is 0 Å². The fraction of sp³-hybridized carbons (Fsp3) is 0.579. The first-order chi connectivity index (χ1) is 11.6. The van der Waals surface area contributed by atoms with E-state index in [1.165, 1.54) is 32.1 Å². The van der Waals surface area contributed by atoms with Crippen LogP contribution in [0, 0.1) is 5.92 Å². The number of amides is 2. The zero-order chi connectivity index (χ0) is 16.9. The lowest BCUT2D eigenvalue weighted by atomic mass is 9.86. The van der Waals surface area contributed by atoms with Gasteiger partial charge in [0, 0.05) is 12.1 Å². The van der Waals surface area contributed by atoms with E-state index in [1.807, 2.05) is 6.07 Å². The normalized spacial score (nSPS) is 20.7. The van der Waals surface area contributed by atoms with E-state index in [1.54, 1.807) is 19.1 Å². The van der Waals surface area contributed by atoms with Crippen LogP contribution in [0.2, 0.25) is 0 Å². The van der Waals surface area contributed by atoms with Crippen LogP contribution in [0.4, 0.5) is 11.4 Å². The molecule has 1 aliphatic heterocycles. The van der Waals surface area contributed by atoms with Gasteiger partial charge in [-0.2, -0.15) is 0 Å². The molecule has 1 saturated carbocycles. The zero-order valence-electron chi connectivity index (χ0n) is 14.3. The highest BCUT2D eigenvalue weighted by atomic mass is 16.5. The Morgan fingerprint density at radius 1 is 1.29 bits per heavy atom. The van der Waals surface area contributed by atoms with Crippen LogP contribution in [0.3, 0.4) is 0 Å². The molecule has 5 heteroatoms. The topological polar surface area (TPSA) is 67.4 Å². The lowest BCUT2D eigenvalue weighted by Crippen LogP contribution is -2.34. The minimum atomic E-state index is -0.488. The van der Waals surface area contributed by atoms with Gasteiger partial charge in [-0.3, -0.25) is 9.59 Å². The fourth-order valence-electron chi connectivity index (χ4n) is 3.54. The van der Waals surface area contributed by atoms with Crippen molar-refractivity contribution in [1.82, 2.24) is 0 Å². The van der Waals surface area contributed by atoms with E-state index in [2.05, 4.69) is 10.6 Å². The van der Waals surface area contributed by atoms with Crippen LogP contribution in [0.5, 0.6) is 5.75 Å². The number of anilines is 2. The molecule has 1 unspecified atom stereocenters. The summed E-state index contributed by atoms with van der Waals surface area (Å²) in [7, 11) is 0. The van der Waals surface area contributed by atoms with Crippen molar-refractivity contribution in [3.05, 3.63) is 18.2 Å². The molecule has 24 heavy (non-hydrogen) atoms. The number of hydrogen-bond acceptors (Lipinski definition) is 3. The molecular formula is C19H26N2O3. The minimum Gasteiger partial charge on any atom is -0.479 e. The lowest BCUT2D eigenvalue weighted by Gasteiger charge is -2.23. The summed E-state index contributed by atoms with van der Waals surface area (Å²) in [6.45, 7) is 1.71. The van der Waals surface area contributed by atoms with Crippen LogP contribution >= 0.6 is 0 Å². The Kier molecular flexibility index (Phi) is 5.38. The second-order valence-corrected chi connectivity index (χ2v) is 6.90. The number of fused-ring (bicyclic) bond motifs is 1. The first-order valence-corrected chi connectivity index (χ1v) is 9.03. The number of benzene rings is 1. The Balaban J connectivity index is 1.48. The second kappa shape index (κ2) is 7.69. The third-order valence-corrected chi connectivity index (χ3v) is 4.94. The van der Waals surface area contributed by atoms with Gasteiger partial charge in [-0.1, -0.05) is 32.1 Å². The number of ether oxygens (including phenoxy) is 1. The van der Waals surface area contributed by atoms with Crippen molar-refractivity contribution < 1.29 is 14.3 Å². The Hall–Kier alpha value is -2.04. The highest BCUT2D eigenvalue weighted by Gasteiger charge is 2.23. The van der Waals surface area contributed by atoms with E-state index >= 15 is 0 Å². The van der Waals surface area contributed by atoms with Crippen molar-refractivity contribution >= 4 is 23.2 Å². The van der Waals surface area contributed by atoms with Crippen LogP contribution in [0.25, 0.3) is 0 Å². The number of carbonyl (C=O) groups is 2. The van der Waals surface area contributed by atoms with E-state index < -0.39 is 6.10 Å². The molecule has 2 amide bonds. The van der Waals surface area contributed by atoms with Gasteiger partial charge in [-0.05, 0) is 43.9 Å². The monoisotopic (exact) mass is 330 g/mol. The van der Waals surface area contributed by atoms with Gasteiger partial charge < -0.3 is 15.4 Å². The summed E-state index contributed by atoms with van der Waals surface area (Å²) in [6, 6.07) is 5.34. The first kappa shape index (κ1) is 16.8. The molecule has 3 rings (SSSR count). The number of hydrogen-bond donors (Lipinski definition) is 2. The SMILES string of the molecule is CC1Oc2ccc(NC(=O)CCCC3CCCCC3)cc2NC1=O. The Morgan fingerprint density at radius 3 is 2.88 bits per heavy atom. The van der Waals surface area contributed by atoms with Crippen molar-refractivity contribution in [2.24, 2.45) is 5.92 Å². The Bertz CT molecular complexity index is 609. The van der Waals surface area contributed by atoms with E-state index in [4.69, 9.17) is 4.74 Å². The van der Waals surface area contributed by atoms with Crippen LogP contribution in [0.15, 0.2) is 18.2 Å². The summed E-state index contributed by atoms with van der Waals surface area (Å²) in [6.07, 6.45) is 8.86. The van der Waals surface area contributed by atoms with Crippen LogP contribution < -0.4 is 15.4 Å². The molecule has 5 nitrogen and oxygen atoms in total. The van der Waals surface area contributed by atoms with Crippen molar-refractivity contribution in [2.75, 3.05) is 10.6 Å². The summed E-state index contributed by atoms with van der Waals surface area (Å²) >= 11 is 0. The molecule has 1 aliphatic carbocycles. The van der Waals surface area contributed by atoms with Gasteiger partial charge in [0.15, 0.2) is 6.10 Å². The summed E-state index contributed by atoms with van der Waals surface area (Å²) in [5.41, 5.74) is 1.30. The van der Waals surface area contributed by atoms with Gasteiger partial charge in [-0.25, -0.2) is 0 Å². The highest BCUT2D eigenvalue weighted by molar-refractivity contribution is 5.99. The maximum atomic E-state index is 12.1. The molecule has 0 aromatic heterocycles. The first-order valence-electron chi connectivity index (χ1n) is 9.03. The van der Waals surface area contributed by atoms with E-state index in [0.717, 1.165) is 18.8 Å². The van der Waals surface area contributed by atoms with Gasteiger partial charge in [0.2, 0.25) is 5.91 Å². The third-order valence-electron chi connectivity index (χ3n) is 4.94. The van der Waals surface area contributed by atoms with Gasteiger partial charge in [0.05, 0.1) is 5.69 Å². The number of nitrogens with one attached hydrogen (secondary N) is 2. The molecule has 1 fully saturated rings. The van der Waals surface area contributed by atoms with Crippen molar-refractivity contribution in [3.63, 3.8) is 0 Å². The van der Waals surface area contributed by atoms with Crippen LogP contribution in [-0.2, 0) is 9.59 Å². The second-order valence-electron chi connectivity index (χ2n) is 6.90. The van der Waals surface area contributed by atoms with E-state index in [-0.39, 0.29) is 11.8 Å². The van der Waals surface area contributed by atoms with Gasteiger partial charge in [0.1, 0.15) is 5.75 Å². The minimum absolute atomic E-state index is 0.0298. The zero-order valence-corrected chi connectivity index (χ0v) is 14.3. The summed E-state index contributed by atoms with van der Waals surface area (Å²) in [5.74, 6) is 1.31. The molecule has 0 saturated heterocycles. The van der Waals surface area contributed by atoms with E-state index in [0.29, 0.717) is 23.5 Å². The average molecular weight is 330 g/mol. The molecule has 1 heterocycles. The molecule has 0 bridgehead atoms. The van der Waals surface area contributed by atoms with Gasteiger partial charge in [0.25, 0.3) is 5.91 Å². The van der Waals surface area contributed by atoms with Crippen molar-refractivity contribution in [2.45, 2.75) is 64.4 Å². The molecule has 2 aliphatic rings. The summed E-state index contributed by atoms with van der Waals surface area (Å²) in [5, 5.41) is 5.70. The molecule has 1 aromatic rings. The van der Waals surface area contributed by atoms with Gasteiger partial charge in [-0.15, -0.1) is 0 Å². The molecule has 130 valence electrons. The summed E-state index contributed by atoms with van der Waals surface area (Å²) in [4.78, 5) is 23.8. The highest BCUT2D eigenvalue weighted by Crippen LogP contribution is 2.32. The third kappa shape index (κ3) is 4.28. The predicted octanol–water partition coefficient (Wildman–Crippen LogP) is 4.10. The fourth-order valence-corrected chi connectivity index (χ4v) is 3.54. The maximum absolute atomic E-state index is 12.1. The summed E-state index contributed by atoms with van der Waals surface area (Å²) < 4.78 is 5.51. The van der Waals surface area contributed by atoms with Crippen molar-refractivity contribution in [3.8, 4) is 5.75 Å². The van der Waals surface area contributed by atoms with E-state index in [9.17, 15) is 9.59 Å². The molecule has 1 aromatic carbocycles. The molecule has 0 spiro atoms. The van der Waals surface area contributed by atoms with Crippen LogP contribution in [0.1, 0.15) is 58.3 Å². The smallest absolute Gasteiger partial charge is 0.265 e. The Labute approximate surface area is 143 Å². The largest absolute Gasteiger partial charge is 0.479 e. The molecule has 2 N–H and O–H groups in total.